The number of fused-ring (bicyclic) bond motifs is 2. The van der Waals surface area contributed by atoms with Crippen LogP contribution in [0.1, 0.15) is 43.6 Å². The number of hydrogen-bond donors (Lipinski definition) is 0. The second kappa shape index (κ2) is 5.89. The van der Waals surface area contributed by atoms with Crippen LogP contribution in [0.3, 0.4) is 0 Å². The van der Waals surface area contributed by atoms with Gasteiger partial charge in [-0.3, -0.25) is 4.90 Å². The first-order valence-electron chi connectivity index (χ1n) is 9.46. The van der Waals surface area contributed by atoms with E-state index in [1.165, 1.54) is 55.0 Å². The molecule has 3 heteroatoms. The lowest BCUT2D eigenvalue weighted by atomic mass is 10.0. The Hall–Kier alpha value is -1.87. The normalized spacial score (nSPS) is 25.8. The Bertz CT molecular complexity index is 759. The molecule has 0 radical (unpaired) electrons. The third-order valence-electron chi connectivity index (χ3n) is 6.15. The first kappa shape index (κ1) is 14.5. The van der Waals surface area contributed by atoms with Crippen molar-refractivity contribution in [1.29, 1.82) is 0 Å². The molecule has 0 bridgehead atoms. The van der Waals surface area contributed by atoms with E-state index in [0.29, 0.717) is 0 Å². The van der Waals surface area contributed by atoms with Crippen molar-refractivity contribution in [2.75, 3.05) is 6.54 Å². The van der Waals surface area contributed by atoms with Crippen molar-refractivity contribution in [3.05, 3.63) is 47.9 Å². The first-order chi connectivity index (χ1) is 11.9. The standard InChI is InChI=1S/C21H25N3/c1-2-7-17(8-3-1)21-19(24-13-5-4-11-20(24)22-21)15-23-14-12-16-9-6-10-18(16)23/h1-3,5,7-8,13,16,18H,4,6,9-12,14-15H2/t16-,18-/m1/s1. The van der Waals surface area contributed by atoms with Gasteiger partial charge >= 0.3 is 0 Å². The zero-order valence-electron chi connectivity index (χ0n) is 14.2. The fraction of sp³-hybridized carbons (Fsp3) is 0.476. The number of nitrogens with zero attached hydrogens (tertiary/aromatic N) is 3. The van der Waals surface area contributed by atoms with Gasteiger partial charge in [-0.05, 0) is 38.1 Å². The van der Waals surface area contributed by atoms with Crippen LogP contribution in [0.5, 0.6) is 0 Å². The quantitative estimate of drug-likeness (QED) is 0.839. The molecule has 2 fully saturated rings. The second-order valence-corrected chi connectivity index (χ2v) is 7.50. The average Bonchev–Trinajstić information content (AvgIpc) is 3.32. The van der Waals surface area contributed by atoms with Gasteiger partial charge in [0.15, 0.2) is 0 Å². The number of rotatable bonds is 3. The molecule has 3 nitrogen and oxygen atoms in total. The summed E-state index contributed by atoms with van der Waals surface area (Å²) >= 11 is 0. The topological polar surface area (TPSA) is 21.1 Å². The zero-order chi connectivity index (χ0) is 15.9. The number of allylic oxidation sites excluding steroid dienone is 1. The molecule has 1 aromatic heterocycles. The summed E-state index contributed by atoms with van der Waals surface area (Å²) in [4.78, 5) is 7.77. The lowest BCUT2D eigenvalue weighted by molar-refractivity contribution is 0.229. The lowest BCUT2D eigenvalue weighted by Gasteiger charge is -2.24. The summed E-state index contributed by atoms with van der Waals surface area (Å²) in [6.45, 7) is 2.30. The largest absolute Gasteiger partial charge is 0.306 e. The molecule has 2 aromatic rings. The maximum absolute atomic E-state index is 5.03. The molecule has 2 aliphatic heterocycles. The van der Waals surface area contributed by atoms with E-state index >= 15 is 0 Å². The Morgan fingerprint density at radius 1 is 1.08 bits per heavy atom. The molecule has 0 unspecified atom stereocenters. The Morgan fingerprint density at radius 2 is 2.00 bits per heavy atom. The van der Waals surface area contributed by atoms with Crippen molar-refractivity contribution in [2.45, 2.75) is 51.1 Å². The summed E-state index contributed by atoms with van der Waals surface area (Å²) < 4.78 is 2.37. The number of likely N-dealkylation sites (tertiary alicyclic amines) is 1. The maximum Gasteiger partial charge on any atom is 0.114 e. The monoisotopic (exact) mass is 319 g/mol. The first-order valence-corrected chi connectivity index (χ1v) is 9.46. The van der Waals surface area contributed by atoms with Gasteiger partial charge < -0.3 is 4.57 Å². The smallest absolute Gasteiger partial charge is 0.114 e. The molecule has 2 atom stereocenters. The van der Waals surface area contributed by atoms with Gasteiger partial charge in [0, 0.05) is 30.8 Å². The maximum atomic E-state index is 5.03. The van der Waals surface area contributed by atoms with Crippen molar-refractivity contribution in [3.63, 3.8) is 0 Å². The van der Waals surface area contributed by atoms with Gasteiger partial charge in [0.1, 0.15) is 5.82 Å². The van der Waals surface area contributed by atoms with Crippen LogP contribution < -0.4 is 0 Å². The van der Waals surface area contributed by atoms with E-state index in [9.17, 15) is 0 Å². The lowest BCUT2D eigenvalue weighted by Crippen LogP contribution is -2.30. The van der Waals surface area contributed by atoms with E-state index in [1.54, 1.807) is 0 Å². The highest BCUT2D eigenvalue weighted by Crippen LogP contribution is 2.39. The molecule has 1 saturated carbocycles. The van der Waals surface area contributed by atoms with Crippen LogP contribution in [-0.4, -0.2) is 27.0 Å². The highest BCUT2D eigenvalue weighted by Gasteiger charge is 2.38. The van der Waals surface area contributed by atoms with E-state index in [1.807, 2.05) is 0 Å². The van der Waals surface area contributed by atoms with Crippen LogP contribution in [0.25, 0.3) is 17.5 Å². The summed E-state index contributed by atoms with van der Waals surface area (Å²) in [5, 5.41) is 0. The van der Waals surface area contributed by atoms with Crippen LogP contribution in [-0.2, 0) is 13.0 Å². The molecule has 0 amide bonds. The van der Waals surface area contributed by atoms with E-state index < -0.39 is 0 Å². The van der Waals surface area contributed by atoms with Gasteiger partial charge in [0.25, 0.3) is 0 Å². The fourth-order valence-electron chi connectivity index (χ4n) is 4.96. The third-order valence-corrected chi connectivity index (χ3v) is 6.15. The molecular weight excluding hydrogens is 294 g/mol. The molecule has 3 heterocycles. The summed E-state index contributed by atoms with van der Waals surface area (Å²) in [6.07, 6.45) is 12.3. The molecule has 124 valence electrons. The molecular formula is C21H25N3. The SMILES string of the molecule is C1=Cn2c(nc(-c3ccccc3)c2CN2CC[C@H]3CCC[C@H]32)CC1. The van der Waals surface area contributed by atoms with Gasteiger partial charge in [-0.2, -0.15) is 0 Å². The Kier molecular flexibility index (Phi) is 3.55. The van der Waals surface area contributed by atoms with E-state index in [4.69, 9.17) is 4.98 Å². The van der Waals surface area contributed by atoms with E-state index in [-0.39, 0.29) is 0 Å². The Morgan fingerprint density at radius 3 is 2.92 bits per heavy atom. The number of imidazole rings is 1. The van der Waals surface area contributed by atoms with E-state index in [0.717, 1.165) is 31.3 Å². The van der Waals surface area contributed by atoms with Gasteiger partial charge in [-0.15, -0.1) is 0 Å². The van der Waals surface area contributed by atoms with Crippen molar-refractivity contribution in [3.8, 4) is 11.3 Å². The summed E-state index contributed by atoms with van der Waals surface area (Å²) in [5.74, 6) is 2.18. The van der Waals surface area contributed by atoms with Gasteiger partial charge in [0.05, 0.1) is 11.4 Å². The number of benzene rings is 1. The van der Waals surface area contributed by atoms with Gasteiger partial charge in [-0.25, -0.2) is 4.98 Å². The fourth-order valence-corrected chi connectivity index (χ4v) is 4.96. The number of aryl methyl sites for hydroxylation is 1. The molecule has 0 spiro atoms. The summed E-state index contributed by atoms with van der Waals surface area (Å²) in [5.41, 5.74) is 3.84. The van der Waals surface area contributed by atoms with E-state index in [2.05, 4.69) is 52.1 Å². The minimum absolute atomic E-state index is 0.812. The second-order valence-electron chi connectivity index (χ2n) is 7.50. The van der Waals surface area contributed by atoms with Crippen molar-refractivity contribution < 1.29 is 0 Å². The highest BCUT2D eigenvalue weighted by molar-refractivity contribution is 5.64. The highest BCUT2D eigenvalue weighted by atomic mass is 15.2. The molecule has 1 aromatic carbocycles. The molecule has 5 rings (SSSR count). The minimum Gasteiger partial charge on any atom is -0.306 e. The predicted octanol–water partition coefficient (Wildman–Crippen LogP) is 4.34. The van der Waals surface area contributed by atoms with Crippen LogP contribution in [0, 0.1) is 5.92 Å². The third kappa shape index (κ3) is 2.34. The molecule has 1 aliphatic carbocycles. The van der Waals surface area contributed by atoms with Crippen molar-refractivity contribution in [2.24, 2.45) is 5.92 Å². The molecule has 1 saturated heterocycles. The van der Waals surface area contributed by atoms with Gasteiger partial charge in [0.2, 0.25) is 0 Å². The van der Waals surface area contributed by atoms with Crippen LogP contribution in [0.2, 0.25) is 0 Å². The predicted molar refractivity (Wildman–Crippen MR) is 97.5 cm³/mol. The number of hydrogen-bond acceptors (Lipinski definition) is 2. The summed E-state index contributed by atoms with van der Waals surface area (Å²) in [7, 11) is 0. The van der Waals surface area contributed by atoms with Gasteiger partial charge in [-0.1, -0.05) is 42.8 Å². The Balaban J connectivity index is 1.54. The molecule has 0 N–H and O–H groups in total. The molecule has 24 heavy (non-hydrogen) atoms. The van der Waals surface area contributed by atoms with Crippen LogP contribution in [0.4, 0.5) is 0 Å². The molecule has 3 aliphatic rings. The van der Waals surface area contributed by atoms with Crippen LogP contribution >= 0.6 is 0 Å². The van der Waals surface area contributed by atoms with Crippen LogP contribution in [0.15, 0.2) is 36.4 Å². The Labute approximate surface area is 144 Å². The summed E-state index contributed by atoms with van der Waals surface area (Å²) in [6, 6.07) is 11.5. The van der Waals surface area contributed by atoms with Crippen molar-refractivity contribution in [1.82, 2.24) is 14.5 Å². The zero-order valence-corrected chi connectivity index (χ0v) is 14.2. The minimum atomic E-state index is 0.812. The number of aromatic nitrogens is 2. The van der Waals surface area contributed by atoms with Crippen molar-refractivity contribution >= 4 is 6.20 Å². The average molecular weight is 319 g/mol.